The molecule has 3 aliphatic rings. The number of piperidine rings is 2. The number of halogens is 1. The molecule has 1 unspecified atom stereocenters. The SMILES string of the molecule is Cl.Cn1nc(C2CCNCC2)nc1NC(=O)C1CCCN(C(=O)N2CCCC2)C1. The van der Waals surface area contributed by atoms with Crippen LogP contribution in [0.15, 0.2) is 0 Å². The molecule has 4 heterocycles. The van der Waals surface area contributed by atoms with Gasteiger partial charge in [-0.15, -0.1) is 12.4 Å². The van der Waals surface area contributed by atoms with Crippen LogP contribution in [0, 0.1) is 5.92 Å². The topological polar surface area (TPSA) is 95.4 Å². The molecule has 0 aliphatic carbocycles. The quantitative estimate of drug-likeness (QED) is 0.766. The summed E-state index contributed by atoms with van der Waals surface area (Å²) in [6.45, 7) is 4.86. The maximum Gasteiger partial charge on any atom is 0.320 e. The van der Waals surface area contributed by atoms with Crippen molar-refractivity contribution < 1.29 is 9.59 Å². The lowest BCUT2D eigenvalue weighted by Gasteiger charge is -2.34. The van der Waals surface area contributed by atoms with Gasteiger partial charge in [0.25, 0.3) is 0 Å². The van der Waals surface area contributed by atoms with Crippen molar-refractivity contribution in [3.63, 3.8) is 0 Å². The van der Waals surface area contributed by atoms with Crippen LogP contribution >= 0.6 is 12.4 Å². The van der Waals surface area contributed by atoms with Gasteiger partial charge >= 0.3 is 6.03 Å². The zero-order valence-electron chi connectivity index (χ0n) is 17.1. The lowest BCUT2D eigenvalue weighted by Crippen LogP contribution is -2.48. The van der Waals surface area contributed by atoms with Crippen molar-refractivity contribution in [1.29, 1.82) is 0 Å². The van der Waals surface area contributed by atoms with Crippen molar-refractivity contribution in [3.8, 4) is 0 Å². The summed E-state index contributed by atoms with van der Waals surface area (Å²) in [5, 5.41) is 10.8. The number of amides is 3. The van der Waals surface area contributed by atoms with Gasteiger partial charge in [0, 0.05) is 39.1 Å². The molecule has 29 heavy (non-hydrogen) atoms. The molecule has 0 aromatic carbocycles. The van der Waals surface area contributed by atoms with Crippen LogP contribution in [-0.4, -0.2) is 75.8 Å². The fourth-order valence-corrected chi connectivity index (χ4v) is 4.45. The van der Waals surface area contributed by atoms with E-state index in [0.717, 1.165) is 77.1 Å². The summed E-state index contributed by atoms with van der Waals surface area (Å²) in [6, 6.07) is 0.0850. The summed E-state index contributed by atoms with van der Waals surface area (Å²) >= 11 is 0. The Bertz CT molecular complexity index is 713. The number of aromatic nitrogens is 3. The second-order valence-corrected chi connectivity index (χ2v) is 8.19. The van der Waals surface area contributed by atoms with Crippen LogP contribution in [0.1, 0.15) is 50.3 Å². The van der Waals surface area contributed by atoms with Crippen LogP contribution in [0.2, 0.25) is 0 Å². The highest BCUT2D eigenvalue weighted by Crippen LogP contribution is 2.24. The highest BCUT2D eigenvalue weighted by atomic mass is 35.5. The monoisotopic (exact) mass is 425 g/mol. The van der Waals surface area contributed by atoms with Gasteiger partial charge < -0.3 is 15.1 Å². The predicted octanol–water partition coefficient (Wildman–Crippen LogP) is 1.57. The van der Waals surface area contributed by atoms with Crippen LogP contribution in [0.4, 0.5) is 10.7 Å². The first-order valence-corrected chi connectivity index (χ1v) is 10.6. The van der Waals surface area contributed by atoms with Crippen molar-refractivity contribution in [3.05, 3.63) is 5.82 Å². The molecule has 3 saturated heterocycles. The summed E-state index contributed by atoms with van der Waals surface area (Å²) in [6.07, 6.45) is 5.86. The van der Waals surface area contributed by atoms with Crippen LogP contribution in [-0.2, 0) is 11.8 Å². The lowest BCUT2D eigenvalue weighted by atomic mass is 9.97. The second-order valence-electron chi connectivity index (χ2n) is 8.19. The van der Waals surface area contributed by atoms with Gasteiger partial charge in [-0.2, -0.15) is 10.1 Å². The summed E-state index contributed by atoms with van der Waals surface area (Å²) in [5.41, 5.74) is 0. The number of likely N-dealkylation sites (tertiary alicyclic amines) is 2. The number of anilines is 1. The molecular weight excluding hydrogens is 394 g/mol. The van der Waals surface area contributed by atoms with Gasteiger partial charge in [-0.25, -0.2) is 9.48 Å². The Labute approximate surface area is 178 Å². The first-order chi connectivity index (χ1) is 13.6. The highest BCUT2D eigenvalue weighted by Gasteiger charge is 2.32. The number of nitrogens with zero attached hydrogens (tertiary/aromatic N) is 5. The molecule has 10 heteroatoms. The first-order valence-electron chi connectivity index (χ1n) is 10.6. The Morgan fingerprint density at radius 1 is 1.03 bits per heavy atom. The second kappa shape index (κ2) is 9.75. The van der Waals surface area contributed by atoms with E-state index in [1.807, 2.05) is 16.8 Å². The minimum Gasteiger partial charge on any atom is -0.325 e. The normalized spacial score (nSPS) is 23.0. The third kappa shape index (κ3) is 5.01. The minimum absolute atomic E-state index is 0. The van der Waals surface area contributed by atoms with Gasteiger partial charge in [-0.05, 0) is 51.6 Å². The molecule has 4 rings (SSSR count). The number of hydrogen-bond acceptors (Lipinski definition) is 5. The molecule has 0 bridgehead atoms. The Hall–Kier alpha value is -1.87. The Morgan fingerprint density at radius 3 is 2.45 bits per heavy atom. The third-order valence-corrected chi connectivity index (χ3v) is 6.16. The van der Waals surface area contributed by atoms with Crippen LogP contribution in [0.5, 0.6) is 0 Å². The van der Waals surface area contributed by atoms with Gasteiger partial charge in [0.05, 0.1) is 5.92 Å². The molecule has 2 N–H and O–H groups in total. The van der Waals surface area contributed by atoms with E-state index in [1.165, 1.54) is 0 Å². The molecule has 1 aromatic rings. The van der Waals surface area contributed by atoms with Crippen LogP contribution < -0.4 is 10.6 Å². The van der Waals surface area contributed by atoms with Gasteiger partial charge in [0.1, 0.15) is 0 Å². The van der Waals surface area contributed by atoms with Gasteiger partial charge in [0.2, 0.25) is 11.9 Å². The Kier molecular flexibility index (Phi) is 7.34. The molecule has 1 aromatic heterocycles. The number of nitrogens with one attached hydrogen (secondary N) is 2. The van der Waals surface area contributed by atoms with E-state index in [2.05, 4.69) is 20.7 Å². The van der Waals surface area contributed by atoms with E-state index < -0.39 is 0 Å². The number of hydrogen-bond donors (Lipinski definition) is 2. The van der Waals surface area contributed by atoms with E-state index in [-0.39, 0.29) is 30.3 Å². The first kappa shape index (κ1) is 21.8. The van der Waals surface area contributed by atoms with E-state index in [0.29, 0.717) is 18.4 Å². The summed E-state index contributed by atoms with van der Waals surface area (Å²) in [4.78, 5) is 33.8. The molecular formula is C19H32ClN7O2. The number of rotatable bonds is 3. The molecule has 0 saturated carbocycles. The average Bonchev–Trinajstić information content (AvgIpc) is 3.39. The summed E-state index contributed by atoms with van der Waals surface area (Å²) < 4.78 is 1.66. The molecule has 3 amide bonds. The zero-order valence-corrected chi connectivity index (χ0v) is 17.9. The Balaban J connectivity index is 0.00000240. The average molecular weight is 426 g/mol. The number of aryl methyl sites for hydroxylation is 1. The molecule has 3 fully saturated rings. The standard InChI is InChI=1S/C19H31N7O2.ClH/c1-24-18(21-16(23-24)14-6-8-20-9-7-14)22-17(27)15-5-4-12-26(13-15)19(28)25-10-2-3-11-25;/h14-15,20H,2-13H2,1H3,(H,21,22,23,27);1H. The van der Waals surface area contributed by atoms with E-state index in [4.69, 9.17) is 0 Å². The van der Waals surface area contributed by atoms with E-state index in [9.17, 15) is 9.59 Å². The number of carbonyl (C=O) groups excluding carboxylic acids is 2. The van der Waals surface area contributed by atoms with Gasteiger partial charge in [-0.3, -0.25) is 10.1 Å². The zero-order chi connectivity index (χ0) is 19.5. The van der Waals surface area contributed by atoms with Gasteiger partial charge in [-0.1, -0.05) is 0 Å². The summed E-state index contributed by atoms with van der Waals surface area (Å²) in [5.74, 6) is 1.40. The molecule has 0 spiro atoms. The van der Waals surface area contributed by atoms with Crippen molar-refractivity contribution in [2.75, 3.05) is 44.6 Å². The highest BCUT2D eigenvalue weighted by molar-refractivity contribution is 5.91. The van der Waals surface area contributed by atoms with Crippen molar-refractivity contribution in [2.24, 2.45) is 13.0 Å². The van der Waals surface area contributed by atoms with E-state index >= 15 is 0 Å². The number of carbonyl (C=O) groups is 2. The van der Waals surface area contributed by atoms with Crippen molar-refractivity contribution in [2.45, 2.75) is 44.4 Å². The maximum absolute atomic E-state index is 12.8. The van der Waals surface area contributed by atoms with E-state index in [1.54, 1.807) is 4.68 Å². The van der Waals surface area contributed by atoms with Crippen molar-refractivity contribution in [1.82, 2.24) is 29.9 Å². The Morgan fingerprint density at radius 2 is 1.72 bits per heavy atom. The number of urea groups is 1. The fraction of sp³-hybridized carbons (Fsp3) is 0.789. The smallest absolute Gasteiger partial charge is 0.320 e. The summed E-state index contributed by atoms with van der Waals surface area (Å²) in [7, 11) is 1.82. The predicted molar refractivity (Wildman–Crippen MR) is 112 cm³/mol. The molecule has 3 aliphatic heterocycles. The largest absolute Gasteiger partial charge is 0.325 e. The van der Waals surface area contributed by atoms with Crippen LogP contribution in [0.3, 0.4) is 0 Å². The molecule has 0 radical (unpaired) electrons. The van der Waals surface area contributed by atoms with Crippen molar-refractivity contribution >= 4 is 30.3 Å². The molecule has 1 atom stereocenters. The molecule has 9 nitrogen and oxygen atoms in total. The maximum atomic E-state index is 12.8. The van der Waals surface area contributed by atoms with Crippen LogP contribution in [0.25, 0.3) is 0 Å². The lowest BCUT2D eigenvalue weighted by molar-refractivity contribution is -0.121. The molecule has 162 valence electrons. The minimum atomic E-state index is -0.195. The third-order valence-electron chi connectivity index (χ3n) is 6.16. The fourth-order valence-electron chi connectivity index (χ4n) is 4.45. The van der Waals surface area contributed by atoms with Gasteiger partial charge in [0.15, 0.2) is 5.82 Å².